The Morgan fingerprint density at radius 3 is 2.85 bits per heavy atom. The van der Waals surface area contributed by atoms with Crippen LogP contribution in [0.25, 0.3) is 0 Å². The molecule has 1 fully saturated rings. The minimum absolute atomic E-state index is 0.143. The van der Waals surface area contributed by atoms with Crippen LogP contribution in [-0.4, -0.2) is 60.0 Å². The number of aliphatic hydroxyl groups excluding tert-OH is 1. The van der Waals surface area contributed by atoms with Crippen LogP contribution in [0.15, 0.2) is 5.16 Å². The van der Waals surface area contributed by atoms with E-state index >= 15 is 0 Å². The van der Waals surface area contributed by atoms with Gasteiger partial charge in [0, 0.05) is 20.2 Å². The van der Waals surface area contributed by atoms with Crippen molar-refractivity contribution in [2.45, 2.75) is 12.2 Å². The SMILES string of the molecule is CO[C@H]1CN(CC(N)=NO)C[C@@H]1O. The van der Waals surface area contributed by atoms with Gasteiger partial charge in [-0.15, -0.1) is 0 Å². The molecule has 1 aliphatic heterocycles. The highest BCUT2D eigenvalue weighted by molar-refractivity contribution is 5.81. The van der Waals surface area contributed by atoms with Crippen molar-refractivity contribution in [3.8, 4) is 0 Å². The highest BCUT2D eigenvalue weighted by atomic mass is 16.5. The number of ether oxygens (including phenoxy) is 1. The summed E-state index contributed by atoms with van der Waals surface area (Å²) in [5, 5.41) is 20.6. The first-order chi connectivity index (χ1) is 6.17. The van der Waals surface area contributed by atoms with E-state index in [9.17, 15) is 5.11 Å². The maximum atomic E-state index is 9.44. The second-order valence-corrected chi connectivity index (χ2v) is 3.13. The van der Waals surface area contributed by atoms with E-state index in [1.165, 1.54) is 0 Å². The van der Waals surface area contributed by atoms with Crippen molar-refractivity contribution in [3.63, 3.8) is 0 Å². The van der Waals surface area contributed by atoms with E-state index in [1.807, 2.05) is 4.90 Å². The molecule has 1 saturated heterocycles. The number of methoxy groups -OCH3 is 1. The van der Waals surface area contributed by atoms with Gasteiger partial charge in [0.1, 0.15) is 0 Å². The Kier molecular flexibility index (Phi) is 3.47. The molecular weight excluding hydrogens is 174 g/mol. The van der Waals surface area contributed by atoms with Crippen LogP contribution >= 0.6 is 0 Å². The standard InChI is InChI=1S/C7H15N3O3/c1-13-6-3-10(2-5(6)11)4-7(8)9-12/h5-6,11-12H,2-4H2,1H3,(H2,8,9)/t5-,6-/m0/s1. The number of hydrogen-bond donors (Lipinski definition) is 3. The molecule has 0 saturated carbocycles. The summed E-state index contributed by atoms with van der Waals surface area (Å²) in [5.74, 6) is 0.143. The molecule has 1 rings (SSSR count). The number of oxime groups is 1. The quantitative estimate of drug-likeness (QED) is 0.216. The van der Waals surface area contributed by atoms with Crippen molar-refractivity contribution in [1.82, 2.24) is 4.90 Å². The van der Waals surface area contributed by atoms with E-state index in [2.05, 4.69) is 5.16 Å². The molecule has 2 atom stereocenters. The molecule has 0 bridgehead atoms. The zero-order valence-corrected chi connectivity index (χ0v) is 7.55. The average Bonchev–Trinajstić information content (AvgIpc) is 2.46. The van der Waals surface area contributed by atoms with Crippen molar-refractivity contribution >= 4 is 5.84 Å². The molecule has 0 amide bonds. The molecular formula is C7H15N3O3. The van der Waals surface area contributed by atoms with Gasteiger partial charge in [-0.3, -0.25) is 4.90 Å². The van der Waals surface area contributed by atoms with Gasteiger partial charge < -0.3 is 20.8 Å². The largest absolute Gasteiger partial charge is 0.409 e. The lowest BCUT2D eigenvalue weighted by atomic mass is 10.3. The monoisotopic (exact) mass is 189 g/mol. The van der Waals surface area contributed by atoms with E-state index < -0.39 is 6.10 Å². The molecule has 4 N–H and O–H groups in total. The van der Waals surface area contributed by atoms with Gasteiger partial charge in [-0.25, -0.2) is 0 Å². The molecule has 0 aromatic heterocycles. The maximum absolute atomic E-state index is 9.44. The second kappa shape index (κ2) is 4.40. The van der Waals surface area contributed by atoms with E-state index in [-0.39, 0.29) is 11.9 Å². The Morgan fingerprint density at radius 1 is 1.69 bits per heavy atom. The maximum Gasteiger partial charge on any atom is 0.153 e. The lowest BCUT2D eigenvalue weighted by molar-refractivity contribution is 0.0215. The van der Waals surface area contributed by atoms with Gasteiger partial charge in [-0.2, -0.15) is 0 Å². The van der Waals surface area contributed by atoms with E-state index in [0.717, 1.165) is 0 Å². The Hall–Kier alpha value is -0.850. The predicted molar refractivity (Wildman–Crippen MR) is 46.7 cm³/mol. The Morgan fingerprint density at radius 2 is 2.38 bits per heavy atom. The zero-order valence-electron chi connectivity index (χ0n) is 7.55. The topological polar surface area (TPSA) is 91.3 Å². The molecule has 6 heteroatoms. The van der Waals surface area contributed by atoms with Crippen molar-refractivity contribution in [2.75, 3.05) is 26.7 Å². The van der Waals surface area contributed by atoms with Crippen LogP contribution < -0.4 is 5.73 Å². The van der Waals surface area contributed by atoms with Gasteiger partial charge in [0.15, 0.2) is 5.84 Å². The molecule has 0 spiro atoms. The van der Waals surface area contributed by atoms with Crippen LogP contribution in [0.2, 0.25) is 0 Å². The summed E-state index contributed by atoms with van der Waals surface area (Å²) in [7, 11) is 1.56. The zero-order chi connectivity index (χ0) is 9.84. The average molecular weight is 189 g/mol. The van der Waals surface area contributed by atoms with Crippen LogP contribution in [0.4, 0.5) is 0 Å². The molecule has 76 valence electrons. The minimum Gasteiger partial charge on any atom is -0.409 e. The number of hydrogen-bond acceptors (Lipinski definition) is 5. The van der Waals surface area contributed by atoms with Crippen molar-refractivity contribution < 1.29 is 15.1 Å². The third-order valence-electron chi connectivity index (χ3n) is 2.13. The number of nitrogens with zero attached hydrogens (tertiary/aromatic N) is 2. The molecule has 0 aromatic carbocycles. The highest BCUT2D eigenvalue weighted by Gasteiger charge is 2.31. The Bertz CT molecular complexity index is 197. The summed E-state index contributed by atoms with van der Waals surface area (Å²) in [6, 6.07) is 0. The van der Waals surface area contributed by atoms with E-state index in [4.69, 9.17) is 15.7 Å². The van der Waals surface area contributed by atoms with Crippen LogP contribution in [0.1, 0.15) is 0 Å². The Labute approximate surface area is 76.6 Å². The summed E-state index contributed by atoms with van der Waals surface area (Å²) < 4.78 is 5.03. The van der Waals surface area contributed by atoms with Crippen molar-refractivity contribution in [3.05, 3.63) is 0 Å². The van der Waals surface area contributed by atoms with Crippen LogP contribution in [-0.2, 0) is 4.74 Å². The third kappa shape index (κ3) is 2.55. The number of likely N-dealkylation sites (tertiary alicyclic amines) is 1. The van der Waals surface area contributed by atoms with E-state index in [1.54, 1.807) is 7.11 Å². The summed E-state index contributed by atoms with van der Waals surface area (Å²) in [5.41, 5.74) is 5.32. The number of β-amino-alcohol motifs (C(OH)–C–C–N with tert-alkyl or cyclic N) is 1. The first-order valence-corrected chi connectivity index (χ1v) is 4.07. The number of aliphatic hydroxyl groups is 1. The molecule has 0 unspecified atom stereocenters. The van der Waals surface area contributed by atoms with Gasteiger partial charge in [-0.1, -0.05) is 5.16 Å². The van der Waals surface area contributed by atoms with Crippen LogP contribution in [0.5, 0.6) is 0 Å². The molecule has 1 heterocycles. The first kappa shape index (κ1) is 10.2. The van der Waals surface area contributed by atoms with Crippen LogP contribution in [0, 0.1) is 0 Å². The predicted octanol–water partition coefficient (Wildman–Crippen LogP) is -1.58. The Balaban J connectivity index is 2.40. The molecule has 13 heavy (non-hydrogen) atoms. The van der Waals surface area contributed by atoms with Gasteiger partial charge >= 0.3 is 0 Å². The van der Waals surface area contributed by atoms with Crippen LogP contribution in [0.3, 0.4) is 0 Å². The fourth-order valence-electron chi connectivity index (χ4n) is 1.45. The highest BCUT2D eigenvalue weighted by Crippen LogP contribution is 2.11. The number of rotatable bonds is 3. The van der Waals surface area contributed by atoms with E-state index in [0.29, 0.717) is 19.6 Å². The van der Waals surface area contributed by atoms with Gasteiger partial charge in [0.25, 0.3) is 0 Å². The van der Waals surface area contributed by atoms with Gasteiger partial charge in [0.2, 0.25) is 0 Å². The summed E-state index contributed by atoms with van der Waals surface area (Å²) in [6.45, 7) is 1.45. The molecule has 0 radical (unpaired) electrons. The lowest BCUT2D eigenvalue weighted by Gasteiger charge is -2.13. The van der Waals surface area contributed by atoms with Crippen molar-refractivity contribution in [2.24, 2.45) is 10.9 Å². The third-order valence-corrected chi connectivity index (χ3v) is 2.13. The summed E-state index contributed by atoms with van der Waals surface area (Å²) in [6.07, 6.45) is -0.664. The molecule has 1 aliphatic rings. The van der Waals surface area contributed by atoms with Gasteiger partial charge in [0.05, 0.1) is 18.8 Å². The smallest absolute Gasteiger partial charge is 0.153 e. The second-order valence-electron chi connectivity index (χ2n) is 3.13. The number of amidine groups is 1. The van der Waals surface area contributed by atoms with Crippen molar-refractivity contribution in [1.29, 1.82) is 0 Å². The normalized spacial score (nSPS) is 31.1. The molecule has 0 aliphatic carbocycles. The number of nitrogens with two attached hydrogens (primary N) is 1. The molecule has 6 nitrogen and oxygen atoms in total. The molecule has 0 aromatic rings. The lowest BCUT2D eigenvalue weighted by Crippen LogP contribution is -2.33. The first-order valence-electron chi connectivity index (χ1n) is 4.07. The van der Waals surface area contributed by atoms with Gasteiger partial charge in [-0.05, 0) is 0 Å². The fraction of sp³-hybridized carbons (Fsp3) is 0.857. The minimum atomic E-state index is -0.489. The summed E-state index contributed by atoms with van der Waals surface area (Å²) >= 11 is 0. The summed E-state index contributed by atoms with van der Waals surface area (Å²) in [4.78, 5) is 1.87. The fourth-order valence-corrected chi connectivity index (χ4v) is 1.45.